The second kappa shape index (κ2) is 5.71. The van der Waals surface area contributed by atoms with Gasteiger partial charge in [-0.25, -0.2) is 0 Å². The molecule has 0 aliphatic carbocycles. The molecule has 0 spiro atoms. The highest BCUT2D eigenvalue weighted by molar-refractivity contribution is 6.31. The largest absolute Gasteiger partial charge is 0.489 e. The molecule has 0 aromatic heterocycles. The Morgan fingerprint density at radius 3 is 2.35 bits per heavy atom. The summed E-state index contributed by atoms with van der Waals surface area (Å²) in [6, 6.07) is 15.4. The van der Waals surface area contributed by atoms with Gasteiger partial charge in [0.2, 0.25) is 0 Å². The monoisotopic (exact) mass is 247 g/mol. The lowest BCUT2D eigenvalue weighted by Gasteiger charge is -2.08. The Bertz CT molecular complexity index is 482. The van der Waals surface area contributed by atoms with Gasteiger partial charge in [0.15, 0.2) is 0 Å². The van der Waals surface area contributed by atoms with E-state index < -0.39 is 0 Å². The Morgan fingerprint density at radius 2 is 1.71 bits per heavy atom. The van der Waals surface area contributed by atoms with Gasteiger partial charge in [-0.2, -0.15) is 0 Å². The summed E-state index contributed by atoms with van der Waals surface area (Å²) in [6.45, 7) is 1.02. The van der Waals surface area contributed by atoms with Gasteiger partial charge in [-0.3, -0.25) is 0 Å². The summed E-state index contributed by atoms with van der Waals surface area (Å²) in [5.74, 6) is 0.821. The van der Waals surface area contributed by atoms with Crippen LogP contribution in [0.3, 0.4) is 0 Å². The van der Waals surface area contributed by atoms with Crippen molar-refractivity contribution < 1.29 is 4.74 Å². The van der Waals surface area contributed by atoms with E-state index in [0.29, 0.717) is 13.2 Å². The van der Waals surface area contributed by atoms with Crippen LogP contribution in [0.25, 0.3) is 0 Å². The number of hydrogen-bond acceptors (Lipinski definition) is 2. The van der Waals surface area contributed by atoms with Crippen LogP contribution in [0.5, 0.6) is 5.75 Å². The van der Waals surface area contributed by atoms with E-state index in [0.717, 1.165) is 21.9 Å². The smallest absolute Gasteiger partial charge is 0.119 e. The molecule has 88 valence electrons. The Kier molecular flexibility index (Phi) is 4.02. The molecule has 0 unspecified atom stereocenters. The first-order chi connectivity index (χ1) is 8.29. The van der Waals surface area contributed by atoms with Crippen molar-refractivity contribution in [2.75, 3.05) is 0 Å². The molecule has 0 amide bonds. The Labute approximate surface area is 106 Å². The zero-order chi connectivity index (χ0) is 12.1. The summed E-state index contributed by atoms with van der Waals surface area (Å²) in [6.07, 6.45) is 0. The van der Waals surface area contributed by atoms with E-state index in [1.807, 2.05) is 48.5 Å². The first-order valence-corrected chi connectivity index (χ1v) is 5.82. The zero-order valence-corrected chi connectivity index (χ0v) is 10.2. The molecule has 0 atom stereocenters. The average Bonchev–Trinajstić information content (AvgIpc) is 2.38. The van der Waals surface area contributed by atoms with E-state index in [1.165, 1.54) is 0 Å². The third-order valence-corrected chi connectivity index (χ3v) is 2.88. The van der Waals surface area contributed by atoms with E-state index >= 15 is 0 Å². The molecular weight excluding hydrogens is 234 g/mol. The quantitative estimate of drug-likeness (QED) is 0.899. The molecule has 3 heteroatoms. The molecule has 2 rings (SSSR count). The second-order valence-corrected chi connectivity index (χ2v) is 4.14. The van der Waals surface area contributed by atoms with Crippen LogP contribution in [0.2, 0.25) is 5.02 Å². The SMILES string of the molecule is NCc1ccc(OCc2ccccc2Cl)cc1. The van der Waals surface area contributed by atoms with Crippen LogP contribution >= 0.6 is 11.6 Å². The number of hydrogen-bond donors (Lipinski definition) is 1. The van der Waals surface area contributed by atoms with E-state index in [4.69, 9.17) is 22.1 Å². The molecule has 17 heavy (non-hydrogen) atoms. The van der Waals surface area contributed by atoms with Crippen LogP contribution in [0.15, 0.2) is 48.5 Å². The van der Waals surface area contributed by atoms with Crippen molar-refractivity contribution in [1.82, 2.24) is 0 Å². The average molecular weight is 248 g/mol. The Morgan fingerprint density at radius 1 is 1.00 bits per heavy atom. The molecule has 2 nitrogen and oxygen atoms in total. The van der Waals surface area contributed by atoms with Crippen molar-refractivity contribution in [3.8, 4) is 5.75 Å². The van der Waals surface area contributed by atoms with Crippen molar-refractivity contribution in [1.29, 1.82) is 0 Å². The van der Waals surface area contributed by atoms with Gasteiger partial charge >= 0.3 is 0 Å². The molecule has 0 aliphatic heterocycles. The van der Waals surface area contributed by atoms with Gasteiger partial charge < -0.3 is 10.5 Å². The van der Waals surface area contributed by atoms with E-state index in [1.54, 1.807) is 0 Å². The maximum absolute atomic E-state index is 6.04. The lowest BCUT2D eigenvalue weighted by Crippen LogP contribution is -1.98. The normalized spacial score (nSPS) is 10.2. The maximum Gasteiger partial charge on any atom is 0.119 e. The zero-order valence-electron chi connectivity index (χ0n) is 9.40. The van der Waals surface area contributed by atoms with Crippen LogP contribution in [0.4, 0.5) is 0 Å². The molecule has 0 aliphatic rings. The van der Waals surface area contributed by atoms with Gasteiger partial charge in [-0.1, -0.05) is 41.9 Å². The number of benzene rings is 2. The summed E-state index contributed by atoms with van der Waals surface area (Å²) < 4.78 is 5.65. The summed E-state index contributed by atoms with van der Waals surface area (Å²) in [5, 5.41) is 0.728. The third-order valence-electron chi connectivity index (χ3n) is 2.51. The van der Waals surface area contributed by atoms with Crippen LogP contribution in [0.1, 0.15) is 11.1 Å². The van der Waals surface area contributed by atoms with Crippen LogP contribution < -0.4 is 10.5 Å². The minimum absolute atomic E-state index is 0.474. The lowest BCUT2D eigenvalue weighted by atomic mass is 10.2. The van der Waals surface area contributed by atoms with Crippen molar-refractivity contribution in [2.45, 2.75) is 13.2 Å². The first-order valence-electron chi connectivity index (χ1n) is 5.45. The maximum atomic E-state index is 6.04. The number of halogens is 1. The fraction of sp³-hybridized carbons (Fsp3) is 0.143. The van der Waals surface area contributed by atoms with Crippen LogP contribution in [-0.2, 0) is 13.2 Å². The fourth-order valence-corrected chi connectivity index (χ4v) is 1.69. The molecular formula is C14H14ClNO. The van der Waals surface area contributed by atoms with Gasteiger partial charge in [-0.15, -0.1) is 0 Å². The summed E-state index contributed by atoms with van der Waals surface area (Å²) >= 11 is 6.04. The van der Waals surface area contributed by atoms with Crippen molar-refractivity contribution in [2.24, 2.45) is 5.73 Å². The van der Waals surface area contributed by atoms with Crippen LogP contribution in [-0.4, -0.2) is 0 Å². The predicted octanol–water partition coefficient (Wildman–Crippen LogP) is 3.38. The van der Waals surface area contributed by atoms with E-state index in [9.17, 15) is 0 Å². The Hall–Kier alpha value is -1.51. The molecule has 2 N–H and O–H groups in total. The van der Waals surface area contributed by atoms with Gasteiger partial charge in [0.25, 0.3) is 0 Å². The lowest BCUT2D eigenvalue weighted by molar-refractivity contribution is 0.306. The molecule has 2 aromatic carbocycles. The van der Waals surface area contributed by atoms with Crippen molar-refractivity contribution >= 4 is 11.6 Å². The number of ether oxygens (including phenoxy) is 1. The minimum atomic E-state index is 0.474. The molecule has 0 fully saturated rings. The Balaban J connectivity index is 2.00. The van der Waals surface area contributed by atoms with E-state index in [2.05, 4.69) is 0 Å². The highest BCUT2D eigenvalue weighted by atomic mass is 35.5. The van der Waals surface area contributed by atoms with Gasteiger partial charge in [0, 0.05) is 17.1 Å². The van der Waals surface area contributed by atoms with Crippen molar-refractivity contribution in [3.63, 3.8) is 0 Å². The topological polar surface area (TPSA) is 35.2 Å². The molecule has 0 radical (unpaired) electrons. The number of nitrogens with two attached hydrogens (primary N) is 1. The highest BCUT2D eigenvalue weighted by Gasteiger charge is 2.00. The third kappa shape index (κ3) is 3.22. The minimum Gasteiger partial charge on any atom is -0.489 e. The van der Waals surface area contributed by atoms with Gasteiger partial charge in [0.05, 0.1) is 0 Å². The fourth-order valence-electron chi connectivity index (χ4n) is 1.50. The standard InChI is InChI=1S/C14H14ClNO/c15-14-4-2-1-3-12(14)10-17-13-7-5-11(9-16)6-8-13/h1-8H,9-10,16H2. The summed E-state index contributed by atoms with van der Waals surface area (Å²) in [7, 11) is 0. The molecule has 0 heterocycles. The molecule has 0 saturated heterocycles. The first kappa shape index (κ1) is 12.0. The highest BCUT2D eigenvalue weighted by Crippen LogP contribution is 2.18. The predicted molar refractivity (Wildman–Crippen MR) is 70.1 cm³/mol. The van der Waals surface area contributed by atoms with Gasteiger partial charge in [0.1, 0.15) is 12.4 Å². The second-order valence-electron chi connectivity index (χ2n) is 3.73. The molecule has 0 saturated carbocycles. The van der Waals surface area contributed by atoms with Crippen LogP contribution in [0, 0.1) is 0 Å². The number of rotatable bonds is 4. The van der Waals surface area contributed by atoms with Gasteiger partial charge in [-0.05, 0) is 23.8 Å². The van der Waals surface area contributed by atoms with E-state index in [-0.39, 0.29) is 0 Å². The molecule has 2 aromatic rings. The van der Waals surface area contributed by atoms with Crippen molar-refractivity contribution in [3.05, 3.63) is 64.7 Å². The summed E-state index contributed by atoms with van der Waals surface area (Å²) in [4.78, 5) is 0. The molecule has 0 bridgehead atoms. The summed E-state index contributed by atoms with van der Waals surface area (Å²) in [5.41, 5.74) is 7.60.